The monoisotopic (exact) mass is 995 g/mol. The van der Waals surface area contributed by atoms with E-state index in [1.807, 2.05) is 0 Å². The lowest BCUT2D eigenvalue weighted by Crippen LogP contribution is -2.30. The van der Waals surface area contributed by atoms with Crippen LogP contribution in [0, 0.1) is 0 Å². The quantitative estimate of drug-likeness (QED) is 0.0261. The molecule has 0 N–H and O–H groups in total. The Morgan fingerprint density at radius 2 is 0.549 bits per heavy atom. The summed E-state index contributed by atoms with van der Waals surface area (Å²) in [4.78, 5) is 38.3. The van der Waals surface area contributed by atoms with E-state index in [4.69, 9.17) is 14.2 Å². The first kappa shape index (κ1) is 68.4. The minimum atomic E-state index is -0.776. The molecule has 0 saturated carbocycles. The van der Waals surface area contributed by atoms with Gasteiger partial charge in [0.05, 0.1) is 0 Å². The lowest BCUT2D eigenvalue weighted by Gasteiger charge is -2.18. The summed E-state index contributed by atoms with van der Waals surface area (Å²) >= 11 is 0. The van der Waals surface area contributed by atoms with Crippen molar-refractivity contribution in [3.05, 3.63) is 48.6 Å². The van der Waals surface area contributed by atoms with E-state index in [1.54, 1.807) is 0 Å². The van der Waals surface area contributed by atoms with Crippen molar-refractivity contribution in [2.24, 2.45) is 0 Å². The van der Waals surface area contributed by atoms with Crippen molar-refractivity contribution < 1.29 is 28.6 Å². The molecule has 0 aromatic rings. The van der Waals surface area contributed by atoms with E-state index in [0.717, 1.165) is 77.0 Å². The van der Waals surface area contributed by atoms with Crippen LogP contribution in [-0.4, -0.2) is 37.2 Å². The predicted molar refractivity (Wildman–Crippen MR) is 307 cm³/mol. The summed E-state index contributed by atoms with van der Waals surface area (Å²) in [5.41, 5.74) is 0. The number of hydrogen-bond acceptors (Lipinski definition) is 6. The molecule has 0 aromatic heterocycles. The molecule has 6 nitrogen and oxygen atoms in total. The molecular formula is C65H118O6. The number of allylic oxidation sites excluding steroid dienone is 8. The smallest absolute Gasteiger partial charge is 0.306 e. The van der Waals surface area contributed by atoms with Crippen LogP contribution < -0.4 is 0 Å². The second-order valence-corrected chi connectivity index (χ2v) is 20.9. The maximum atomic E-state index is 12.9. The van der Waals surface area contributed by atoms with Crippen molar-refractivity contribution in [2.75, 3.05) is 13.2 Å². The van der Waals surface area contributed by atoms with Gasteiger partial charge in [0.1, 0.15) is 13.2 Å². The molecule has 1 unspecified atom stereocenters. The number of hydrogen-bond donors (Lipinski definition) is 0. The molecule has 0 spiro atoms. The molecule has 0 rings (SSSR count). The summed E-state index contributed by atoms with van der Waals surface area (Å²) in [7, 11) is 0. The Kier molecular flexibility index (Phi) is 57.7. The van der Waals surface area contributed by atoms with Gasteiger partial charge in [-0.15, -0.1) is 0 Å². The van der Waals surface area contributed by atoms with Crippen LogP contribution in [0.25, 0.3) is 0 Å². The van der Waals surface area contributed by atoms with E-state index in [0.29, 0.717) is 19.3 Å². The summed E-state index contributed by atoms with van der Waals surface area (Å²) in [6.45, 7) is 6.57. The maximum Gasteiger partial charge on any atom is 0.306 e. The Bertz CT molecular complexity index is 1230. The third-order valence-corrected chi connectivity index (χ3v) is 13.8. The lowest BCUT2D eigenvalue weighted by atomic mass is 10.0. The van der Waals surface area contributed by atoms with Crippen LogP contribution in [0.15, 0.2) is 48.6 Å². The third kappa shape index (κ3) is 58.1. The minimum absolute atomic E-state index is 0.0727. The van der Waals surface area contributed by atoms with Crippen LogP contribution in [-0.2, 0) is 28.6 Å². The molecule has 414 valence electrons. The highest BCUT2D eigenvalue weighted by Gasteiger charge is 2.19. The van der Waals surface area contributed by atoms with Gasteiger partial charge in [-0.25, -0.2) is 0 Å². The van der Waals surface area contributed by atoms with E-state index in [1.165, 1.54) is 212 Å². The van der Waals surface area contributed by atoms with E-state index in [-0.39, 0.29) is 31.1 Å². The van der Waals surface area contributed by atoms with Crippen LogP contribution in [0.4, 0.5) is 0 Å². The zero-order chi connectivity index (χ0) is 51.4. The van der Waals surface area contributed by atoms with Gasteiger partial charge in [0, 0.05) is 19.3 Å². The number of unbranched alkanes of at least 4 members (excludes halogenated alkanes) is 38. The number of rotatable bonds is 57. The molecule has 6 heteroatoms. The summed E-state index contributed by atoms with van der Waals surface area (Å²) < 4.78 is 16.9. The molecule has 0 saturated heterocycles. The number of esters is 3. The topological polar surface area (TPSA) is 78.9 Å². The van der Waals surface area contributed by atoms with Gasteiger partial charge in [0.2, 0.25) is 0 Å². The number of carbonyl (C=O) groups excluding carboxylic acids is 3. The van der Waals surface area contributed by atoms with Crippen LogP contribution in [0.5, 0.6) is 0 Å². The third-order valence-electron chi connectivity index (χ3n) is 13.8. The Balaban J connectivity index is 4.35. The highest BCUT2D eigenvalue weighted by atomic mass is 16.6. The zero-order valence-electron chi connectivity index (χ0n) is 47.5. The van der Waals surface area contributed by atoms with Crippen LogP contribution in [0.1, 0.15) is 329 Å². The number of ether oxygens (including phenoxy) is 3. The van der Waals surface area contributed by atoms with E-state index in [9.17, 15) is 14.4 Å². The molecule has 1 atom stereocenters. The van der Waals surface area contributed by atoms with Crippen LogP contribution in [0.3, 0.4) is 0 Å². The molecule has 71 heavy (non-hydrogen) atoms. The first-order valence-corrected chi connectivity index (χ1v) is 31.1. The highest BCUT2D eigenvalue weighted by molar-refractivity contribution is 5.71. The minimum Gasteiger partial charge on any atom is -0.462 e. The van der Waals surface area contributed by atoms with Crippen LogP contribution >= 0.6 is 0 Å². The van der Waals surface area contributed by atoms with Gasteiger partial charge >= 0.3 is 17.9 Å². The van der Waals surface area contributed by atoms with E-state index < -0.39 is 6.10 Å². The second kappa shape index (κ2) is 59.9. The first-order valence-electron chi connectivity index (χ1n) is 31.1. The van der Waals surface area contributed by atoms with Gasteiger partial charge in [0.15, 0.2) is 6.10 Å². The summed E-state index contributed by atoms with van der Waals surface area (Å²) in [6, 6.07) is 0. The summed E-state index contributed by atoms with van der Waals surface area (Å²) in [5.74, 6) is -0.863. The van der Waals surface area contributed by atoms with Crippen LogP contribution in [0.2, 0.25) is 0 Å². The fraction of sp³-hybridized carbons (Fsp3) is 0.831. The molecule has 0 heterocycles. The number of carbonyl (C=O) groups is 3. The Morgan fingerprint density at radius 1 is 0.296 bits per heavy atom. The molecule has 0 bridgehead atoms. The van der Waals surface area contributed by atoms with Gasteiger partial charge in [-0.1, -0.05) is 281 Å². The molecule has 0 amide bonds. The Morgan fingerprint density at radius 3 is 0.873 bits per heavy atom. The van der Waals surface area contributed by atoms with Crippen molar-refractivity contribution >= 4 is 17.9 Å². The van der Waals surface area contributed by atoms with Crippen molar-refractivity contribution in [3.63, 3.8) is 0 Å². The summed E-state index contributed by atoms with van der Waals surface area (Å²) in [6.07, 6.45) is 73.9. The average Bonchev–Trinajstić information content (AvgIpc) is 3.37. The largest absolute Gasteiger partial charge is 0.462 e. The van der Waals surface area contributed by atoms with E-state index in [2.05, 4.69) is 69.4 Å². The van der Waals surface area contributed by atoms with Crippen molar-refractivity contribution in [1.82, 2.24) is 0 Å². The summed E-state index contributed by atoms with van der Waals surface area (Å²) in [5, 5.41) is 0. The van der Waals surface area contributed by atoms with E-state index >= 15 is 0 Å². The molecule has 0 aromatic carbocycles. The first-order chi connectivity index (χ1) is 35.0. The van der Waals surface area contributed by atoms with Gasteiger partial charge in [-0.05, 0) is 77.0 Å². The Labute approximate surface area is 441 Å². The Hall–Kier alpha value is -2.63. The molecule has 0 aliphatic rings. The van der Waals surface area contributed by atoms with Crippen molar-refractivity contribution in [2.45, 2.75) is 335 Å². The van der Waals surface area contributed by atoms with Gasteiger partial charge < -0.3 is 14.2 Å². The molecule has 0 aliphatic carbocycles. The lowest BCUT2D eigenvalue weighted by molar-refractivity contribution is -0.167. The van der Waals surface area contributed by atoms with Crippen molar-refractivity contribution in [3.8, 4) is 0 Å². The fourth-order valence-electron chi connectivity index (χ4n) is 9.16. The van der Waals surface area contributed by atoms with Gasteiger partial charge in [-0.3, -0.25) is 14.4 Å². The van der Waals surface area contributed by atoms with Gasteiger partial charge in [-0.2, -0.15) is 0 Å². The molecule has 0 fully saturated rings. The molecule has 0 aliphatic heterocycles. The average molecular weight is 996 g/mol. The highest BCUT2D eigenvalue weighted by Crippen LogP contribution is 2.17. The fourth-order valence-corrected chi connectivity index (χ4v) is 9.16. The molecule has 0 radical (unpaired) electrons. The predicted octanol–water partition coefficient (Wildman–Crippen LogP) is 21.0. The maximum absolute atomic E-state index is 12.9. The van der Waals surface area contributed by atoms with Crippen molar-refractivity contribution in [1.29, 1.82) is 0 Å². The zero-order valence-corrected chi connectivity index (χ0v) is 47.5. The second-order valence-electron chi connectivity index (χ2n) is 20.9. The molecular weight excluding hydrogens is 877 g/mol. The normalized spacial score (nSPS) is 12.3. The standard InChI is InChI=1S/C65H118O6/c1-4-7-10-13-16-19-22-25-28-30-32-34-37-40-43-46-49-52-55-58-64(67)70-61-62(60-69-63(66)57-54-51-48-45-42-39-36-27-24-21-18-15-12-9-6-3)71-65(68)59-56-53-50-47-44-41-38-35-33-31-29-26-23-20-17-14-11-8-5-2/h7,10,16,19,25,28,31,33,62H,4-6,8-9,11-15,17-18,20-24,26-27,29-30,32,34-61H2,1-3H3/b10-7-,19-16-,28-25-,33-31-. The SMILES string of the molecule is CC/C=C\C/C=C\C/C=C\CCCCCCCCCCCC(=O)OCC(COC(=O)CCCCCCCCCCCCCCCCC)OC(=O)CCCCCCCCC/C=C\CCCCCCCCCC. The van der Waals surface area contributed by atoms with Gasteiger partial charge in [0.25, 0.3) is 0 Å².